The maximum atomic E-state index is 12.2. The van der Waals surface area contributed by atoms with Gasteiger partial charge in [-0.15, -0.1) is 0 Å². The summed E-state index contributed by atoms with van der Waals surface area (Å²) in [5.74, 6) is 5.22. The van der Waals surface area contributed by atoms with Crippen molar-refractivity contribution < 1.29 is 28.6 Å². The number of hydrogen-bond donors (Lipinski definition) is 2. The lowest BCUT2D eigenvalue weighted by Gasteiger charge is -2.30. The van der Waals surface area contributed by atoms with Crippen molar-refractivity contribution in [3.05, 3.63) is 12.3 Å². The normalized spacial score (nSPS) is 30.0. The first-order valence-corrected chi connectivity index (χ1v) is 8.43. The van der Waals surface area contributed by atoms with E-state index in [-0.39, 0.29) is 12.7 Å². The summed E-state index contributed by atoms with van der Waals surface area (Å²) >= 11 is 0. The fraction of sp³-hybridized carbons (Fsp3) is 0.750. The molecule has 25 heavy (non-hydrogen) atoms. The van der Waals surface area contributed by atoms with Crippen LogP contribution in [0.25, 0.3) is 0 Å². The van der Waals surface area contributed by atoms with Crippen molar-refractivity contribution in [3.63, 3.8) is 0 Å². The lowest BCUT2D eigenvalue weighted by molar-refractivity contribution is -0.104. The third-order valence-electron chi connectivity index (χ3n) is 4.52. The summed E-state index contributed by atoms with van der Waals surface area (Å²) in [4.78, 5) is 28.9. The number of nitrogens with two attached hydrogens (primary N) is 1. The third kappa shape index (κ3) is 4.77. The molecule has 0 unspecified atom stereocenters. The first-order valence-electron chi connectivity index (χ1n) is 8.43. The van der Waals surface area contributed by atoms with Gasteiger partial charge in [-0.05, 0) is 18.9 Å². The molecule has 2 aliphatic rings. The number of amides is 2. The van der Waals surface area contributed by atoms with E-state index in [0.717, 1.165) is 25.7 Å². The SMILES string of the molecule is CNC(=O)N(/C=C\C=O)[C@@H]1O[C@H](CON)[C@@H](OC2CCCC2)[C@H]1OC. The fourth-order valence-electron chi connectivity index (χ4n) is 3.35. The van der Waals surface area contributed by atoms with Gasteiger partial charge in [0.1, 0.15) is 24.6 Å². The predicted molar refractivity (Wildman–Crippen MR) is 88.2 cm³/mol. The number of allylic oxidation sites excluding steroid dienone is 1. The first-order chi connectivity index (χ1) is 12.2. The minimum absolute atomic E-state index is 0.104. The van der Waals surface area contributed by atoms with Crippen molar-refractivity contribution in [2.75, 3.05) is 20.8 Å². The van der Waals surface area contributed by atoms with Crippen LogP contribution in [0.15, 0.2) is 12.3 Å². The molecule has 142 valence electrons. The molecule has 1 saturated heterocycles. The summed E-state index contributed by atoms with van der Waals surface area (Å²) in [5.41, 5.74) is 0. The fourth-order valence-corrected chi connectivity index (χ4v) is 3.35. The molecule has 1 aliphatic carbocycles. The van der Waals surface area contributed by atoms with Crippen LogP contribution in [-0.4, -0.2) is 68.6 Å². The Morgan fingerprint density at radius 3 is 2.64 bits per heavy atom. The van der Waals surface area contributed by atoms with Crippen molar-refractivity contribution in [1.82, 2.24) is 10.2 Å². The van der Waals surface area contributed by atoms with Crippen molar-refractivity contribution in [1.29, 1.82) is 0 Å². The summed E-state index contributed by atoms with van der Waals surface area (Å²) in [6.45, 7) is 0.104. The molecule has 0 aromatic carbocycles. The van der Waals surface area contributed by atoms with Gasteiger partial charge in [-0.25, -0.2) is 10.7 Å². The highest BCUT2D eigenvalue weighted by Crippen LogP contribution is 2.33. The van der Waals surface area contributed by atoms with Crippen LogP contribution in [0.2, 0.25) is 0 Å². The lowest BCUT2D eigenvalue weighted by atomic mass is 10.1. The quantitative estimate of drug-likeness (QED) is 0.365. The maximum Gasteiger partial charge on any atom is 0.323 e. The molecule has 1 aliphatic heterocycles. The molecule has 4 atom stereocenters. The number of methoxy groups -OCH3 is 1. The highest BCUT2D eigenvalue weighted by atomic mass is 16.7. The average molecular weight is 357 g/mol. The number of nitrogens with zero attached hydrogens (tertiary/aromatic N) is 1. The first kappa shape index (κ1) is 19.8. The maximum absolute atomic E-state index is 12.2. The van der Waals surface area contributed by atoms with Crippen LogP contribution in [-0.2, 0) is 23.8 Å². The number of urea groups is 1. The Hall–Kier alpha value is -1.52. The number of ether oxygens (including phenoxy) is 3. The number of rotatable bonds is 8. The molecule has 0 spiro atoms. The standard InChI is InChI=1S/C16H27N3O6/c1-18-16(21)19(8-5-9-20)15-14(22-2)13(12(25-15)10-23-17)24-11-6-3-4-7-11/h5,8-9,11-15H,3-4,6-7,10,17H2,1-2H3,(H,18,21)/b8-5-/t12-,13-,14-,15-/m1/s1. The molecular weight excluding hydrogens is 330 g/mol. The minimum Gasteiger partial charge on any atom is -0.374 e. The van der Waals surface area contributed by atoms with Crippen molar-refractivity contribution in [2.45, 2.75) is 56.3 Å². The van der Waals surface area contributed by atoms with Crippen molar-refractivity contribution in [2.24, 2.45) is 5.90 Å². The Morgan fingerprint density at radius 1 is 1.36 bits per heavy atom. The van der Waals surface area contributed by atoms with Gasteiger partial charge in [0.25, 0.3) is 0 Å². The Balaban J connectivity index is 2.21. The summed E-state index contributed by atoms with van der Waals surface area (Å²) in [6, 6.07) is -0.431. The second kappa shape index (κ2) is 9.83. The van der Waals surface area contributed by atoms with Crippen LogP contribution < -0.4 is 11.2 Å². The smallest absolute Gasteiger partial charge is 0.323 e. The summed E-state index contributed by atoms with van der Waals surface area (Å²) < 4.78 is 17.7. The predicted octanol–water partition coefficient (Wildman–Crippen LogP) is 0.298. The third-order valence-corrected chi connectivity index (χ3v) is 4.52. The van der Waals surface area contributed by atoms with E-state index in [9.17, 15) is 9.59 Å². The van der Waals surface area contributed by atoms with Gasteiger partial charge in [-0.3, -0.25) is 9.69 Å². The number of carbonyl (C=O) groups is 2. The topological polar surface area (TPSA) is 112 Å². The molecule has 2 amide bonds. The van der Waals surface area contributed by atoms with E-state index < -0.39 is 30.6 Å². The largest absolute Gasteiger partial charge is 0.374 e. The molecule has 3 N–H and O–H groups in total. The summed E-state index contributed by atoms with van der Waals surface area (Å²) in [5, 5.41) is 2.52. The van der Waals surface area contributed by atoms with Gasteiger partial charge >= 0.3 is 6.03 Å². The Bertz CT molecular complexity index is 469. The Morgan fingerprint density at radius 2 is 2.08 bits per heavy atom. The van der Waals surface area contributed by atoms with E-state index in [1.807, 2.05) is 0 Å². The molecule has 2 rings (SSSR count). The Kier molecular flexibility index (Phi) is 7.79. The van der Waals surface area contributed by atoms with E-state index in [1.165, 1.54) is 31.3 Å². The van der Waals surface area contributed by atoms with E-state index in [1.54, 1.807) is 0 Å². The molecule has 0 aromatic heterocycles. The van der Waals surface area contributed by atoms with Crippen molar-refractivity contribution in [3.8, 4) is 0 Å². The van der Waals surface area contributed by atoms with E-state index in [0.29, 0.717) is 6.29 Å². The van der Waals surface area contributed by atoms with Crippen LogP contribution in [0.5, 0.6) is 0 Å². The van der Waals surface area contributed by atoms with Gasteiger partial charge in [0, 0.05) is 20.4 Å². The Labute approximate surface area is 147 Å². The van der Waals surface area contributed by atoms with Gasteiger partial charge in [0.15, 0.2) is 6.23 Å². The monoisotopic (exact) mass is 357 g/mol. The van der Waals surface area contributed by atoms with Crippen LogP contribution in [0.3, 0.4) is 0 Å². The van der Waals surface area contributed by atoms with Gasteiger partial charge < -0.3 is 24.4 Å². The highest BCUT2D eigenvalue weighted by molar-refractivity contribution is 5.76. The van der Waals surface area contributed by atoms with E-state index in [4.69, 9.17) is 24.9 Å². The lowest BCUT2D eigenvalue weighted by Crippen LogP contribution is -2.49. The van der Waals surface area contributed by atoms with Gasteiger partial charge in [0.2, 0.25) is 0 Å². The molecule has 2 fully saturated rings. The van der Waals surface area contributed by atoms with Gasteiger partial charge in [-0.2, -0.15) is 0 Å². The number of nitrogens with one attached hydrogen (secondary N) is 1. The summed E-state index contributed by atoms with van der Waals surface area (Å²) in [7, 11) is 3.02. The minimum atomic E-state index is -0.771. The number of aldehydes is 1. The molecule has 1 saturated carbocycles. The zero-order valence-electron chi connectivity index (χ0n) is 14.6. The van der Waals surface area contributed by atoms with Crippen LogP contribution in [0.4, 0.5) is 4.79 Å². The van der Waals surface area contributed by atoms with E-state index >= 15 is 0 Å². The zero-order valence-corrected chi connectivity index (χ0v) is 14.6. The molecular formula is C16H27N3O6. The van der Waals surface area contributed by atoms with Crippen LogP contribution in [0.1, 0.15) is 25.7 Å². The second-order valence-corrected chi connectivity index (χ2v) is 6.05. The average Bonchev–Trinajstić information content (AvgIpc) is 3.24. The number of hydrogen-bond acceptors (Lipinski definition) is 7. The van der Waals surface area contributed by atoms with Crippen molar-refractivity contribution >= 4 is 12.3 Å². The van der Waals surface area contributed by atoms with E-state index in [2.05, 4.69) is 5.32 Å². The molecule has 0 radical (unpaired) electrons. The number of carbonyl (C=O) groups excluding carboxylic acids is 2. The highest BCUT2D eigenvalue weighted by Gasteiger charge is 2.50. The molecule has 0 bridgehead atoms. The molecule has 9 nitrogen and oxygen atoms in total. The van der Waals surface area contributed by atoms with Crippen LogP contribution in [0, 0.1) is 0 Å². The van der Waals surface area contributed by atoms with Gasteiger partial charge in [-0.1, -0.05) is 12.8 Å². The second-order valence-electron chi connectivity index (χ2n) is 6.05. The molecule has 1 heterocycles. The van der Waals surface area contributed by atoms with Crippen LogP contribution >= 0.6 is 0 Å². The molecule has 0 aromatic rings. The summed E-state index contributed by atoms with van der Waals surface area (Å²) in [6.07, 6.45) is 5.26. The van der Waals surface area contributed by atoms with Gasteiger partial charge in [0.05, 0.1) is 12.7 Å². The molecule has 9 heteroatoms. The zero-order chi connectivity index (χ0) is 18.2.